The number of carbonyl (C=O) groups is 2. The summed E-state index contributed by atoms with van der Waals surface area (Å²) in [6.07, 6.45) is 0.898. The molecule has 7 heteroatoms. The lowest BCUT2D eigenvalue weighted by Gasteiger charge is -2.33. The lowest BCUT2D eigenvalue weighted by Crippen LogP contribution is -2.41. The third-order valence-electron chi connectivity index (χ3n) is 7.14. The van der Waals surface area contributed by atoms with Crippen LogP contribution < -0.4 is 4.90 Å². The van der Waals surface area contributed by atoms with Crippen molar-refractivity contribution in [2.45, 2.75) is 51.6 Å². The summed E-state index contributed by atoms with van der Waals surface area (Å²) in [6.45, 7) is 4.64. The molecule has 37 heavy (non-hydrogen) atoms. The van der Waals surface area contributed by atoms with E-state index in [0.717, 1.165) is 46.4 Å². The van der Waals surface area contributed by atoms with Crippen molar-refractivity contribution < 1.29 is 19.4 Å². The second-order valence-electron chi connectivity index (χ2n) is 9.49. The fourth-order valence-electron chi connectivity index (χ4n) is 5.31. The van der Waals surface area contributed by atoms with Crippen LogP contribution in [0.5, 0.6) is 0 Å². The minimum Gasteiger partial charge on any atom is -0.466 e. The molecule has 0 fully saturated rings. The van der Waals surface area contributed by atoms with Crippen molar-refractivity contribution in [1.82, 2.24) is 9.55 Å². The van der Waals surface area contributed by atoms with Gasteiger partial charge in [0.15, 0.2) is 0 Å². The van der Waals surface area contributed by atoms with Gasteiger partial charge in [0.25, 0.3) is 0 Å². The number of esters is 1. The number of ether oxygens (including phenoxy) is 1. The number of aryl methyl sites for hydroxylation is 1. The Balaban J connectivity index is 1.65. The van der Waals surface area contributed by atoms with Crippen LogP contribution in [0, 0.1) is 0 Å². The highest BCUT2D eigenvalue weighted by Gasteiger charge is 2.32. The van der Waals surface area contributed by atoms with Crippen LogP contribution in [-0.2, 0) is 28.9 Å². The van der Waals surface area contributed by atoms with E-state index in [4.69, 9.17) is 9.72 Å². The number of carboxylic acid groups (broad SMARTS) is 1. The van der Waals surface area contributed by atoms with Gasteiger partial charge in [0.1, 0.15) is 5.82 Å². The number of benzene rings is 3. The molecule has 2 heterocycles. The van der Waals surface area contributed by atoms with Gasteiger partial charge in [0, 0.05) is 24.6 Å². The second kappa shape index (κ2) is 10.5. The molecule has 5 rings (SSSR count). The number of imidazole rings is 1. The van der Waals surface area contributed by atoms with Gasteiger partial charge in [-0.1, -0.05) is 60.7 Å². The average Bonchev–Trinajstić information content (AvgIpc) is 3.25. The van der Waals surface area contributed by atoms with E-state index in [1.807, 2.05) is 74.5 Å². The first-order valence-corrected chi connectivity index (χ1v) is 12.8. The Hall–Kier alpha value is -4.13. The molecule has 1 aromatic heterocycles. The third kappa shape index (κ3) is 4.81. The first-order valence-electron chi connectivity index (χ1n) is 12.8. The summed E-state index contributed by atoms with van der Waals surface area (Å²) in [5, 5.41) is 9.89. The summed E-state index contributed by atoms with van der Waals surface area (Å²) in [5.41, 5.74) is 5.38. The van der Waals surface area contributed by atoms with Crippen LogP contribution in [0.4, 0.5) is 10.5 Å². The molecule has 1 aliphatic rings. The van der Waals surface area contributed by atoms with E-state index in [9.17, 15) is 14.7 Å². The van der Waals surface area contributed by atoms with Crippen molar-refractivity contribution >= 4 is 28.8 Å². The molecule has 7 nitrogen and oxygen atoms in total. The number of rotatable bonds is 7. The van der Waals surface area contributed by atoms with E-state index >= 15 is 0 Å². The molecular formula is C30H31N3O4. The van der Waals surface area contributed by atoms with E-state index in [0.29, 0.717) is 25.3 Å². The van der Waals surface area contributed by atoms with Crippen molar-refractivity contribution in [2.24, 2.45) is 0 Å². The Labute approximate surface area is 216 Å². The summed E-state index contributed by atoms with van der Waals surface area (Å²) in [7, 11) is 0. The molecule has 1 N–H and O–H groups in total. The second-order valence-corrected chi connectivity index (χ2v) is 9.49. The molecule has 1 unspecified atom stereocenters. The zero-order chi connectivity index (χ0) is 25.9. The van der Waals surface area contributed by atoms with E-state index in [-0.39, 0.29) is 12.0 Å². The van der Waals surface area contributed by atoms with Gasteiger partial charge in [-0.15, -0.1) is 0 Å². The molecule has 190 valence electrons. The molecule has 0 radical (unpaired) electrons. The Bertz CT molecular complexity index is 1420. The number of hydrogen-bond donors (Lipinski definition) is 1. The first-order chi connectivity index (χ1) is 18.0. The quantitative estimate of drug-likeness (QED) is 0.327. The monoisotopic (exact) mass is 497 g/mol. The van der Waals surface area contributed by atoms with Gasteiger partial charge >= 0.3 is 12.1 Å². The van der Waals surface area contributed by atoms with Gasteiger partial charge in [-0.2, -0.15) is 0 Å². The number of aromatic nitrogens is 2. The number of fused-ring (bicyclic) bond motifs is 3. The highest BCUT2D eigenvalue weighted by atomic mass is 16.5. The molecule has 0 aliphatic carbocycles. The third-order valence-corrected chi connectivity index (χ3v) is 7.14. The summed E-state index contributed by atoms with van der Waals surface area (Å²) in [4.78, 5) is 31.7. The Morgan fingerprint density at radius 3 is 2.43 bits per heavy atom. The molecule has 4 aromatic rings. The SMILES string of the molecule is CCOC(=O)C(Cc1nc2c3c(ccc2n1Cc1ccccc1)N(C(=O)O)[C@@H](C)CC3)c1ccccc1. The van der Waals surface area contributed by atoms with Crippen molar-refractivity contribution in [2.75, 3.05) is 11.5 Å². The molecule has 3 aromatic carbocycles. The van der Waals surface area contributed by atoms with Crippen LogP contribution in [-0.4, -0.2) is 39.4 Å². The standard InChI is InChI=1S/C30H31N3O4/c1-3-37-29(34)24(22-12-8-5-9-13-22)18-27-31-28-23-15-14-20(2)33(30(35)36)25(23)16-17-26(28)32(27)19-21-10-6-4-7-11-21/h4-13,16-17,20,24H,3,14-15,18-19H2,1-2H3,(H,35,36)/t20-,24?/m0/s1. The molecule has 0 saturated carbocycles. The van der Waals surface area contributed by atoms with Gasteiger partial charge in [0.05, 0.1) is 29.2 Å². The van der Waals surface area contributed by atoms with Gasteiger partial charge in [0.2, 0.25) is 0 Å². The molecule has 0 saturated heterocycles. The highest BCUT2D eigenvalue weighted by Crippen LogP contribution is 2.37. The molecule has 2 atom stereocenters. The van der Waals surface area contributed by atoms with Gasteiger partial charge in [-0.25, -0.2) is 9.78 Å². The molecular weight excluding hydrogens is 466 g/mol. The Kier molecular flexibility index (Phi) is 6.95. The normalized spacial score (nSPS) is 15.8. The van der Waals surface area contributed by atoms with Crippen LogP contribution in [0.1, 0.15) is 48.7 Å². The highest BCUT2D eigenvalue weighted by molar-refractivity contribution is 5.94. The summed E-state index contributed by atoms with van der Waals surface area (Å²) < 4.78 is 7.61. The molecule has 1 amide bonds. The summed E-state index contributed by atoms with van der Waals surface area (Å²) in [5.74, 6) is -0.00608. The Morgan fingerprint density at radius 1 is 1.05 bits per heavy atom. The first kappa shape index (κ1) is 24.6. The van der Waals surface area contributed by atoms with Crippen LogP contribution in [0.2, 0.25) is 0 Å². The summed E-state index contributed by atoms with van der Waals surface area (Å²) >= 11 is 0. The van der Waals surface area contributed by atoms with Crippen LogP contribution in [0.25, 0.3) is 11.0 Å². The Morgan fingerprint density at radius 2 is 1.76 bits per heavy atom. The fraction of sp³-hybridized carbons (Fsp3) is 0.300. The average molecular weight is 498 g/mol. The van der Waals surface area contributed by atoms with Crippen molar-refractivity contribution in [3.8, 4) is 0 Å². The van der Waals surface area contributed by atoms with Crippen LogP contribution in [0.3, 0.4) is 0 Å². The van der Waals surface area contributed by atoms with Crippen molar-refractivity contribution in [3.05, 3.63) is 95.3 Å². The maximum Gasteiger partial charge on any atom is 0.412 e. The minimum absolute atomic E-state index is 0.0976. The molecule has 0 spiro atoms. The van der Waals surface area contributed by atoms with E-state index in [2.05, 4.69) is 16.7 Å². The van der Waals surface area contributed by atoms with Crippen molar-refractivity contribution in [1.29, 1.82) is 0 Å². The van der Waals surface area contributed by atoms with E-state index < -0.39 is 12.0 Å². The lowest BCUT2D eigenvalue weighted by molar-refractivity contribution is -0.145. The zero-order valence-corrected chi connectivity index (χ0v) is 21.1. The number of nitrogens with zero attached hydrogens (tertiary/aromatic N) is 3. The summed E-state index contributed by atoms with van der Waals surface area (Å²) in [6, 6.07) is 23.6. The number of amides is 1. The molecule has 0 bridgehead atoms. The number of anilines is 1. The minimum atomic E-state index is -0.955. The van der Waals surface area contributed by atoms with E-state index in [1.54, 1.807) is 0 Å². The predicted molar refractivity (Wildman–Crippen MR) is 143 cm³/mol. The molecule has 1 aliphatic heterocycles. The van der Waals surface area contributed by atoms with Crippen LogP contribution in [0.15, 0.2) is 72.8 Å². The fourth-order valence-corrected chi connectivity index (χ4v) is 5.31. The van der Waals surface area contributed by atoms with Gasteiger partial charge in [-0.3, -0.25) is 9.69 Å². The smallest absolute Gasteiger partial charge is 0.412 e. The topological polar surface area (TPSA) is 84.7 Å². The van der Waals surface area contributed by atoms with Crippen LogP contribution >= 0.6 is 0 Å². The van der Waals surface area contributed by atoms with Gasteiger partial charge in [-0.05, 0) is 49.9 Å². The zero-order valence-electron chi connectivity index (χ0n) is 21.1. The lowest BCUT2D eigenvalue weighted by atomic mass is 9.95. The van der Waals surface area contributed by atoms with Crippen molar-refractivity contribution in [3.63, 3.8) is 0 Å². The maximum atomic E-state index is 13.1. The maximum absolute atomic E-state index is 13.1. The largest absolute Gasteiger partial charge is 0.466 e. The van der Waals surface area contributed by atoms with E-state index in [1.165, 1.54) is 4.90 Å². The number of hydrogen-bond acceptors (Lipinski definition) is 4. The predicted octanol–water partition coefficient (Wildman–Crippen LogP) is 5.79. The van der Waals surface area contributed by atoms with Gasteiger partial charge < -0.3 is 14.4 Å². The number of carbonyl (C=O) groups excluding carboxylic acids is 1.